The normalized spacial score (nSPS) is 20.1. The number of carbonyl (C=O) groups excluding carboxylic acids is 3. The van der Waals surface area contributed by atoms with Gasteiger partial charge in [-0.1, -0.05) is 0 Å². The van der Waals surface area contributed by atoms with Crippen molar-refractivity contribution in [2.45, 2.75) is 13.0 Å². The molecular formula is C24H28N4O7. The van der Waals surface area contributed by atoms with Crippen LogP contribution in [0.4, 0.5) is 0 Å². The quantitative estimate of drug-likeness (QED) is 0.483. The number of hydrogen-bond acceptors (Lipinski definition) is 9. The van der Waals surface area contributed by atoms with Crippen molar-refractivity contribution in [2.75, 3.05) is 47.0 Å². The molecule has 0 spiro atoms. The molecule has 4 rings (SSSR count). The Morgan fingerprint density at radius 1 is 1.14 bits per heavy atom. The first kappa shape index (κ1) is 24.1. The Bertz CT molecular complexity index is 1110. The number of ether oxygens (including phenoxy) is 3. The first-order valence-corrected chi connectivity index (χ1v) is 11.3. The third kappa shape index (κ3) is 4.93. The minimum absolute atomic E-state index is 0.136. The summed E-state index contributed by atoms with van der Waals surface area (Å²) in [6.45, 7) is 3.56. The van der Waals surface area contributed by atoms with Gasteiger partial charge in [0.2, 0.25) is 11.9 Å². The van der Waals surface area contributed by atoms with Crippen LogP contribution in [-0.4, -0.2) is 80.5 Å². The molecule has 3 heterocycles. The van der Waals surface area contributed by atoms with Gasteiger partial charge in [0.15, 0.2) is 11.7 Å². The fourth-order valence-electron chi connectivity index (χ4n) is 4.19. The zero-order chi connectivity index (χ0) is 24.9. The number of amides is 2. The molecule has 1 aromatic heterocycles. The van der Waals surface area contributed by atoms with Crippen molar-refractivity contribution in [3.05, 3.63) is 47.9 Å². The predicted octanol–water partition coefficient (Wildman–Crippen LogP) is 1.46. The molecule has 0 unspecified atom stereocenters. The van der Waals surface area contributed by atoms with Crippen molar-refractivity contribution < 1.29 is 33.0 Å². The lowest BCUT2D eigenvalue weighted by molar-refractivity contribution is -0.153. The highest BCUT2D eigenvalue weighted by Crippen LogP contribution is 2.38. The van der Waals surface area contributed by atoms with E-state index in [1.54, 1.807) is 42.2 Å². The summed E-state index contributed by atoms with van der Waals surface area (Å²) in [6.07, 6.45) is 1.46. The molecule has 186 valence electrons. The summed E-state index contributed by atoms with van der Waals surface area (Å²) in [5.41, 5.74) is 0.560. The van der Waals surface area contributed by atoms with Gasteiger partial charge in [-0.3, -0.25) is 19.7 Å². The maximum Gasteiger partial charge on any atom is 0.321 e. The van der Waals surface area contributed by atoms with E-state index < -0.39 is 23.8 Å². The second-order valence-corrected chi connectivity index (χ2v) is 7.98. The van der Waals surface area contributed by atoms with E-state index in [1.807, 2.05) is 4.90 Å². The highest BCUT2D eigenvalue weighted by Gasteiger charge is 2.43. The van der Waals surface area contributed by atoms with Crippen LogP contribution in [0, 0.1) is 5.92 Å². The summed E-state index contributed by atoms with van der Waals surface area (Å²) in [6, 6.07) is 7.57. The zero-order valence-corrected chi connectivity index (χ0v) is 19.9. The number of benzene rings is 1. The summed E-state index contributed by atoms with van der Waals surface area (Å²) in [7, 11) is 3.04. The smallest absolute Gasteiger partial charge is 0.321 e. The van der Waals surface area contributed by atoms with Crippen LogP contribution in [0.5, 0.6) is 11.5 Å². The predicted molar refractivity (Wildman–Crippen MR) is 124 cm³/mol. The van der Waals surface area contributed by atoms with Crippen LogP contribution in [0.15, 0.2) is 46.0 Å². The molecule has 35 heavy (non-hydrogen) atoms. The molecule has 2 atom stereocenters. The van der Waals surface area contributed by atoms with Crippen LogP contribution in [0.3, 0.4) is 0 Å². The molecule has 1 N–H and O–H groups in total. The number of methoxy groups -OCH3 is 2. The molecule has 0 radical (unpaired) electrons. The fourth-order valence-corrected chi connectivity index (χ4v) is 4.19. The highest BCUT2D eigenvalue weighted by molar-refractivity contribution is 6.08. The number of piperazine rings is 1. The first-order valence-electron chi connectivity index (χ1n) is 11.3. The van der Waals surface area contributed by atoms with Crippen LogP contribution in [0.2, 0.25) is 0 Å². The fraction of sp³-hybridized carbons (Fsp3) is 0.417. The van der Waals surface area contributed by atoms with Gasteiger partial charge in [0, 0.05) is 37.8 Å². The third-order valence-corrected chi connectivity index (χ3v) is 5.99. The number of aliphatic imine (C=N–C) groups is 1. The number of guanidine groups is 1. The summed E-state index contributed by atoms with van der Waals surface area (Å²) >= 11 is 0. The SMILES string of the molecule is CCOC(=O)[C@H]1C(=O)NC(N2CCN(C(=O)c3ccco3)CC2)=N[C@@H]1c1ccc(OC)cc1OC. The zero-order valence-electron chi connectivity index (χ0n) is 19.9. The summed E-state index contributed by atoms with van der Waals surface area (Å²) in [5, 5.41) is 2.76. The molecular weight excluding hydrogens is 456 g/mol. The van der Waals surface area contributed by atoms with Gasteiger partial charge in [-0.25, -0.2) is 4.99 Å². The Morgan fingerprint density at radius 2 is 1.91 bits per heavy atom. The largest absolute Gasteiger partial charge is 0.497 e. The molecule has 1 fully saturated rings. The maximum atomic E-state index is 13.1. The van der Waals surface area contributed by atoms with E-state index >= 15 is 0 Å². The van der Waals surface area contributed by atoms with Crippen molar-refractivity contribution in [1.29, 1.82) is 0 Å². The summed E-state index contributed by atoms with van der Waals surface area (Å²) in [5.74, 6) is -0.908. The van der Waals surface area contributed by atoms with Crippen molar-refractivity contribution in [3.8, 4) is 11.5 Å². The van der Waals surface area contributed by atoms with Gasteiger partial charge in [0.1, 0.15) is 17.5 Å². The van der Waals surface area contributed by atoms with E-state index in [-0.39, 0.29) is 18.3 Å². The molecule has 0 aliphatic carbocycles. The monoisotopic (exact) mass is 484 g/mol. The van der Waals surface area contributed by atoms with Gasteiger partial charge in [-0.2, -0.15) is 0 Å². The van der Waals surface area contributed by atoms with Gasteiger partial charge in [0.05, 0.1) is 27.1 Å². The van der Waals surface area contributed by atoms with Crippen molar-refractivity contribution in [3.63, 3.8) is 0 Å². The van der Waals surface area contributed by atoms with Gasteiger partial charge in [0.25, 0.3) is 5.91 Å². The van der Waals surface area contributed by atoms with E-state index in [0.29, 0.717) is 49.2 Å². The molecule has 0 saturated carbocycles. The molecule has 11 heteroatoms. The molecule has 2 aliphatic rings. The standard InChI is InChI=1S/C24H28N4O7/c1-4-34-23(31)19-20(16-8-7-15(32-2)14-18(16)33-3)25-24(26-21(19)29)28-11-9-27(10-12-28)22(30)17-6-5-13-35-17/h5-8,13-14,19-20H,4,9-12H2,1-3H3,(H,25,26,29)/t19-,20-/m1/s1. The van der Waals surface area contributed by atoms with Crippen LogP contribution >= 0.6 is 0 Å². The molecule has 11 nitrogen and oxygen atoms in total. The average molecular weight is 485 g/mol. The van der Waals surface area contributed by atoms with Crippen molar-refractivity contribution in [1.82, 2.24) is 15.1 Å². The van der Waals surface area contributed by atoms with E-state index in [4.69, 9.17) is 23.6 Å². The van der Waals surface area contributed by atoms with E-state index in [9.17, 15) is 14.4 Å². The number of hydrogen-bond donors (Lipinski definition) is 1. The van der Waals surface area contributed by atoms with Crippen LogP contribution in [-0.2, 0) is 14.3 Å². The Hall–Kier alpha value is -4.02. The minimum Gasteiger partial charge on any atom is -0.497 e. The average Bonchev–Trinajstić information content (AvgIpc) is 3.42. The molecule has 0 bridgehead atoms. The van der Waals surface area contributed by atoms with E-state index in [1.165, 1.54) is 20.5 Å². The van der Waals surface area contributed by atoms with E-state index in [0.717, 1.165) is 0 Å². The molecule has 1 aromatic carbocycles. The third-order valence-electron chi connectivity index (χ3n) is 5.99. The summed E-state index contributed by atoms with van der Waals surface area (Å²) in [4.78, 5) is 46.8. The Morgan fingerprint density at radius 3 is 2.54 bits per heavy atom. The van der Waals surface area contributed by atoms with Gasteiger partial charge in [-0.15, -0.1) is 0 Å². The topological polar surface area (TPSA) is 123 Å². The Labute approximate surface area is 202 Å². The number of carbonyl (C=O) groups is 3. The second kappa shape index (κ2) is 10.5. The maximum absolute atomic E-state index is 13.1. The van der Waals surface area contributed by atoms with Crippen molar-refractivity contribution >= 4 is 23.7 Å². The lowest BCUT2D eigenvalue weighted by Gasteiger charge is -2.38. The number of nitrogens with one attached hydrogen (secondary N) is 1. The van der Waals surface area contributed by atoms with Gasteiger partial charge >= 0.3 is 5.97 Å². The first-order chi connectivity index (χ1) is 17.0. The molecule has 2 aromatic rings. The summed E-state index contributed by atoms with van der Waals surface area (Å²) < 4.78 is 21.2. The van der Waals surface area contributed by atoms with Gasteiger partial charge in [-0.05, 0) is 31.2 Å². The van der Waals surface area contributed by atoms with Gasteiger partial charge < -0.3 is 28.4 Å². The van der Waals surface area contributed by atoms with E-state index in [2.05, 4.69) is 5.32 Å². The molecule has 1 saturated heterocycles. The lowest BCUT2D eigenvalue weighted by atomic mass is 9.90. The van der Waals surface area contributed by atoms with Crippen LogP contribution in [0.25, 0.3) is 0 Å². The van der Waals surface area contributed by atoms with Crippen LogP contribution in [0.1, 0.15) is 29.1 Å². The minimum atomic E-state index is -1.18. The Kier molecular flexibility index (Phi) is 7.23. The van der Waals surface area contributed by atoms with Crippen LogP contribution < -0.4 is 14.8 Å². The van der Waals surface area contributed by atoms with Crippen molar-refractivity contribution in [2.24, 2.45) is 10.9 Å². The number of esters is 1. The molecule has 2 aliphatic heterocycles. The number of nitrogens with zero attached hydrogens (tertiary/aromatic N) is 3. The second-order valence-electron chi connectivity index (χ2n) is 7.98. The highest BCUT2D eigenvalue weighted by atomic mass is 16.5. The Balaban J connectivity index is 1.60. The number of furan rings is 1. The lowest BCUT2D eigenvalue weighted by Crippen LogP contribution is -2.58. The number of rotatable bonds is 6. The molecule has 2 amide bonds.